The van der Waals surface area contributed by atoms with Crippen LogP contribution in [-0.4, -0.2) is 39.7 Å². The van der Waals surface area contributed by atoms with Crippen molar-refractivity contribution in [2.45, 2.75) is 31.3 Å². The van der Waals surface area contributed by atoms with E-state index in [1.165, 1.54) is 0 Å². The number of hydrogen-bond acceptors (Lipinski definition) is 4. The van der Waals surface area contributed by atoms with Crippen molar-refractivity contribution in [3.8, 4) is 0 Å². The Labute approximate surface area is 59.3 Å². The zero-order chi connectivity index (χ0) is 7.89. The van der Waals surface area contributed by atoms with Gasteiger partial charge in [0.1, 0.15) is 6.10 Å². The van der Waals surface area contributed by atoms with Gasteiger partial charge in [0.25, 0.3) is 0 Å². The summed E-state index contributed by atoms with van der Waals surface area (Å²) in [7, 11) is 0. The van der Waals surface area contributed by atoms with Crippen LogP contribution in [0.1, 0.15) is 6.92 Å². The van der Waals surface area contributed by atoms with Crippen LogP contribution in [-0.2, 0) is 0 Å². The molecule has 1 rings (SSSR count). The van der Waals surface area contributed by atoms with Gasteiger partial charge in [-0.15, -0.1) is 0 Å². The third-order valence-corrected chi connectivity index (χ3v) is 2.24. The zero-order valence-electron chi connectivity index (χ0n) is 5.81. The van der Waals surface area contributed by atoms with Crippen LogP contribution in [0.3, 0.4) is 0 Å². The summed E-state index contributed by atoms with van der Waals surface area (Å²) >= 11 is 0. The van der Waals surface area contributed by atoms with Crippen molar-refractivity contribution in [2.24, 2.45) is 11.7 Å². The first-order valence-electron chi connectivity index (χ1n) is 3.35. The molecule has 0 bridgehead atoms. The first kappa shape index (κ1) is 7.94. The van der Waals surface area contributed by atoms with Crippen LogP contribution in [0.2, 0.25) is 0 Å². The molecule has 1 saturated carbocycles. The Morgan fingerprint density at radius 2 is 1.50 bits per heavy atom. The number of aliphatic hydroxyl groups excluding tert-OH is 3. The van der Waals surface area contributed by atoms with Gasteiger partial charge in [0.05, 0.1) is 12.2 Å². The Hall–Kier alpha value is -0.160. The van der Waals surface area contributed by atoms with Gasteiger partial charge in [-0.25, -0.2) is 0 Å². The lowest BCUT2D eigenvalue weighted by Crippen LogP contribution is -2.37. The van der Waals surface area contributed by atoms with Crippen LogP contribution < -0.4 is 5.73 Å². The van der Waals surface area contributed by atoms with Gasteiger partial charge < -0.3 is 21.1 Å². The van der Waals surface area contributed by atoms with E-state index in [0.29, 0.717) is 0 Å². The predicted molar refractivity (Wildman–Crippen MR) is 35.2 cm³/mol. The minimum absolute atomic E-state index is 0.231. The highest BCUT2D eigenvalue weighted by molar-refractivity contribution is 4.98. The van der Waals surface area contributed by atoms with Crippen molar-refractivity contribution >= 4 is 0 Å². The topological polar surface area (TPSA) is 86.7 Å². The molecule has 4 heteroatoms. The Balaban J connectivity index is 2.68. The smallest absolute Gasteiger partial charge is 0.108 e. The van der Waals surface area contributed by atoms with Gasteiger partial charge in [-0.2, -0.15) is 0 Å². The van der Waals surface area contributed by atoms with Crippen LogP contribution >= 0.6 is 0 Å². The molecule has 0 spiro atoms. The van der Waals surface area contributed by atoms with Gasteiger partial charge in [0.15, 0.2) is 0 Å². The molecule has 4 nitrogen and oxygen atoms in total. The van der Waals surface area contributed by atoms with Gasteiger partial charge in [0, 0.05) is 12.0 Å². The van der Waals surface area contributed by atoms with E-state index < -0.39 is 24.4 Å². The van der Waals surface area contributed by atoms with E-state index in [0.717, 1.165) is 0 Å². The number of nitrogens with two attached hydrogens (primary N) is 1. The average Bonchev–Trinajstić information content (AvgIpc) is 2.07. The Bertz CT molecular complexity index is 85.3. The summed E-state index contributed by atoms with van der Waals surface area (Å²) in [5.41, 5.74) is 5.43. The van der Waals surface area contributed by atoms with E-state index in [2.05, 4.69) is 0 Å². The van der Waals surface area contributed by atoms with E-state index in [1.807, 2.05) is 0 Å². The minimum Gasteiger partial charge on any atom is -0.390 e. The van der Waals surface area contributed by atoms with E-state index in [-0.39, 0.29) is 5.92 Å². The maximum absolute atomic E-state index is 9.12. The summed E-state index contributed by atoms with van der Waals surface area (Å²) < 4.78 is 0. The standard InChI is InChI=1S/C6H13NO3/c1-2-3(7)5(9)6(10)4(2)8/h2-6,8-10H,7H2,1H3/t2-,3+,4-,5-,6+/m1/s1. The van der Waals surface area contributed by atoms with Crippen molar-refractivity contribution in [1.82, 2.24) is 0 Å². The highest BCUT2D eigenvalue weighted by atomic mass is 16.4. The molecule has 0 aliphatic heterocycles. The summed E-state index contributed by atoms with van der Waals surface area (Å²) in [6.07, 6.45) is -2.94. The first-order chi connectivity index (χ1) is 4.55. The van der Waals surface area contributed by atoms with E-state index in [1.54, 1.807) is 6.92 Å². The molecule has 0 amide bonds. The molecule has 10 heavy (non-hydrogen) atoms. The fourth-order valence-electron chi connectivity index (χ4n) is 1.28. The third kappa shape index (κ3) is 0.932. The monoisotopic (exact) mass is 147 g/mol. The lowest BCUT2D eigenvalue weighted by molar-refractivity contribution is -0.0257. The van der Waals surface area contributed by atoms with Crippen LogP contribution in [0, 0.1) is 5.92 Å². The van der Waals surface area contributed by atoms with Crippen molar-refractivity contribution in [3.05, 3.63) is 0 Å². The molecule has 1 aliphatic carbocycles. The molecule has 5 N–H and O–H groups in total. The number of hydrogen-bond donors (Lipinski definition) is 4. The Kier molecular flexibility index (Phi) is 1.96. The summed E-state index contributed by atoms with van der Waals surface area (Å²) in [5, 5.41) is 27.2. The van der Waals surface area contributed by atoms with Gasteiger partial charge in [-0.3, -0.25) is 0 Å². The number of aliphatic hydroxyl groups is 3. The molecule has 0 radical (unpaired) electrons. The van der Waals surface area contributed by atoms with Crippen molar-refractivity contribution in [2.75, 3.05) is 0 Å². The van der Waals surface area contributed by atoms with Crippen LogP contribution in [0.5, 0.6) is 0 Å². The molecular formula is C6H13NO3. The second-order valence-electron chi connectivity index (χ2n) is 2.91. The number of rotatable bonds is 0. The summed E-state index contributed by atoms with van der Waals surface area (Å²) in [6, 6.07) is -0.509. The van der Waals surface area contributed by atoms with E-state index in [4.69, 9.17) is 21.1 Å². The fourth-order valence-corrected chi connectivity index (χ4v) is 1.28. The van der Waals surface area contributed by atoms with Crippen LogP contribution in [0.25, 0.3) is 0 Å². The Morgan fingerprint density at radius 3 is 1.60 bits per heavy atom. The molecule has 0 unspecified atom stereocenters. The maximum Gasteiger partial charge on any atom is 0.108 e. The minimum atomic E-state index is -1.08. The third-order valence-electron chi connectivity index (χ3n) is 2.24. The maximum atomic E-state index is 9.12. The normalized spacial score (nSPS) is 55.5. The van der Waals surface area contributed by atoms with Crippen molar-refractivity contribution in [1.29, 1.82) is 0 Å². The average molecular weight is 147 g/mol. The lowest BCUT2D eigenvalue weighted by atomic mass is 10.1. The molecule has 0 saturated heterocycles. The van der Waals surface area contributed by atoms with Gasteiger partial charge in [0.2, 0.25) is 0 Å². The van der Waals surface area contributed by atoms with Crippen LogP contribution in [0.4, 0.5) is 0 Å². The second kappa shape index (κ2) is 2.47. The summed E-state index contributed by atoms with van der Waals surface area (Å²) in [6.45, 7) is 1.70. The molecular weight excluding hydrogens is 134 g/mol. The Morgan fingerprint density at radius 1 is 1.00 bits per heavy atom. The SMILES string of the molecule is C[C@@H]1[C@H](N)[C@@H](O)[C@@H](O)[C@@H]1O. The van der Waals surface area contributed by atoms with Gasteiger partial charge in [-0.1, -0.05) is 6.92 Å². The molecule has 0 aromatic rings. The van der Waals surface area contributed by atoms with Gasteiger partial charge >= 0.3 is 0 Å². The molecule has 0 heterocycles. The molecule has 0 aromatic carbocycles. The fraction of sp³-hybridized carbons (Fsp3) is 1.00. The van der Waals surface area contributed by atoms with Gasteiger partial charge in [-0.05, 0) is 0 Å². The molecule has 5 atom stereocenters. The molecule has 0 aromatic heterocycles. The first-order valence-corrected chi connectivity index (χ1v) is 3.35. The molecule has 1 fully saturated rings. The molecule has 1 aliphatic rings. The molecule has 60 valence electrons. The highest BCUT2D eigenvalue weighted by Gasteiger charge is 2.44. The quantitative estimate of drug-likeness (QED) is 0.320. The summed E-state index contributed by atoms with van der Waals surface area (Å²) in [4.78, 5) is 0. The largest absolute Gasteiger partial charge is 0.390 e. The summed E-state index contributed by atoms with van der Waals surface area (Å²) in [5.74, 6) is -0.231. The van der Waals surface area contributed by atoms with E-state index >= 15 is 0 Å². The predicted octanol–water partition coefficient (Wildman–Crippen LogP) is -1.95. The lowest BCUT2D eigenvalue weighted by Gasteiger charge is -2.12. The highest BCUT2D eigenvalue weighted by Crippen LogP contribution is 2.24. The van der Waals surface area contributed by atoms with Crippen molar-refractivity contribution in [3.63, 3.8) is 0 Å². The van der Waals surface area contributed by atoms with Crippen molar-refractivity contribution < 1.29 is 15.3 Å². The second-order valence-corrected chi connectivity index (χ2v) is 2.91. The zero-order valence-corrected chi connectivity index (χ0v) is 5.81. The van der Waals surface area contributed by atoms with Crippen LogP contribution in [0.15, 0.2) is 0 Å². The van der Waals surface area contributed by atoms with E-state index in [9.17, 15) is 0 Å².